The minimum atomic E-state index is -3.40. The lowest BCUT2D eigenvalue weighted by Crippen LogP contribution is -2.14. The van der Waals surface area contributed by atoms with Gasteiger partial charge in [-0.05, 0) is 55.2 Å². The molecule has 0 bridgehead atoms. The van der Waals surface area contributed by atoms with Crippen molar-refractivity contribution in [2.24, 2.45) is 0 Å². The Labute approximate surface area is 155 Å². The number of carbonyl (C=O) groups excluding carboxylic acids is 1. The fourth-order valence-electron chi connectivity index (χ4n) is 2.61. The Hall–Kier alpha value is -2.34. The average Bonchev–Trinajstić information content (AvgIpc) is 2.57. The van der Waals surface area contributed by atoms with E-state index in [1.54, 1.807) is 25.1 Å². The summed E-state index contributed by atoms with van der Waals surface area (Å²) in [5, 5.41) is 2.85. The number of anilines is 2. The lowest BCUT2D eigenvalue weighted by Gasteiger charge is -2.11. The second-order valence-electron chi connectivity index (χ2n) is 6.51. The van der Waals surface area contributed by atoms with Gasteiger partial charge in [0, 0.05) is 11.3 Å². The Morgan fingerprint density at radius 1 is 1.04 bits per heavy atom. The van der Waals surface area contributed by atoms with Gasteiger partial charge in [-0.3, -0.25) is 9.52 Å². The Morgan fingerprint density at radius 3 is 2.35 bits per heavy atom. The summed E-state index contributed by atoms with van der Waals surface area (Å²) in [6.07, 6.45) is 5.71. The van der Waals surface area contributed by atoms with E-state index >= 15 is 0 Å². The smallest absolute Gasteiger partial charge is 0.255 e. The summed E-state index contributed by atoms with van der Waals surface area (Å²) >= 11 is 0. The van der Waals surface area contributed by atoms with Gasteiger partial charge in [-0.2, -0.15) is 0 Å². The molecule has 0 aliphatic rings. The molecule has 2 aromatic carbocycles. The van der Waals surface area contributed by atoms with Crippen molar-refractivity contribution in [1.29, 1.82) is 0 Å². The Morgan fingerprint density at radius 2 is 1.73 bits per heavy atom. The first-order valence-electron chi connectivity index (χ1n) is 8.77. The van der Waals surface area contributed by atoms with Crippen LogP contribution >= 0.6 is 0 Å². The summed E-state index contributed by atoms with van der Waals surface area (Å²) in [4.78, 5) is 12.5. The molecule has 140 valence electrons. The average molecular weight is 375 g/mol. The zero-order valence-electron chi connectivity index (χ0n) is 15.5. The molecule has 2 N–H and O–H groups in total. The van der Waals surface area contributed by atoms with Gasteiger partial charge in [-0.25, -0.2) is 8.42 Å². The molecule has 0 atom stereocenters. The van der Waals surface area contributed by atoms with E-state index in [9.17, 15) is 13.2 Å². The number of amides is 1. The van der Waals surface area contributed by atoms with Crippen molar-refractivity contribution in [1.82, 2.24) is 0 Å². The van der Waals surface area contributed by atoms with E-state index in [2.05, 4.69) is 17.0 Å². The summed E-state index contributed by atoms with van der Waals surface area (Å²) in [5.74, 6) is -0.278. The van der Waals surface area contributed by atoms with Crippen LogP contribution in [0.2, 0.25) is 0 Å². The molecule has 0 saturated carbocycles. The quantitative estimate of drug-likeness (QED) is 0.675. The summed E-state index contributed by atoms with van der Waals surface area (Å²) in [7, 11) is -3.40. The number of carbonyl (C=O) groups is 1. The number of hydrogen-bond donors (Lipinski definition) is 2. The van der Waals surface area contributed by atoms with Gasteiger partial charge < -0.3 is 5.32 Å². The molecule has 0 aliphatic carbocycles. The minimum Gasteiger partial charge on any atom is -0.322 e. The van der Waals surface area contributed by atoms with E-state index in [4.69, 9.17) is 0 Å². The van der Waals surface area contributed by atoms with Gasteiger partial charge in [0.2, 0.25) is 10.0 Å². The topological polar surface area (TPSA) is 75.3 Å². The third kappa shape index (κ3) is 6.19. The zero-order chi connectivity index (χ0) is 19.2. The van der Waals surface area contributed by atoms with Crippen molar-refractivity contribution in [3.8, 4) is 0 Å². The predicted molar refractivity (Wildman–Crippen MR) is 107 cm³/mol. The van der Waals surface area contributed by atoms with Crippen molar-refractivity contribution in [3.05, 3.63) is 59.2 Å². The normalized spacial score (nSPS) is 11.2. The number of hydrogen-bond acceptors (Lipinski definition) is 3. The van der Waals surface area contributed by atoms with Crippen LogP contribution in [0.5, 0.6) is 0 Å². The van der Waals surface area contributed by atoms with Crippen molar-refractivity contribution < 1.29 is 13.2 Å². The maximum absolute atomic E-state index is 12.5. The summed E-state index contributed by atoms with van der Waals surface area (Å²) in [5.41, 5.74) is 3.53. The van der Waals surface area contributed by atoms with Crippen LogP contribution < -0.4 is 10.0 Å². The summed E-state index contributed by atoms with van der Waals surface area (Å²) in [6.45, 7) is 3.97. The molecule has 0 radical (unpaired) electrons. The SMILES string of the molecule is CCCCCc1ccc(NC(=O)c2ccc(C)c(NS(C)(=O)=O)c2)cc1. The van der Waals surface area contributed by atoms with Crippen molar-refractivity contribution in [3.63, 3.8) is 0 Å². The van der Waals surface area contributed by atoms with Crippen LogP contribution in [-0.2, 0) is 16.4 Å². The fourth-order valence-corrected chi connectivity index (χ4v) is 3.23. The number of rotatable bonds is 8. The van der Waals surface area contributed by atoms with Crippen LogP contribution in [0.4, 0.5) is 11.4 Å². The fraction of sp³-hybridized carbons (Fsp3) is 0.350. The highest BCUT2D eigenvalue weighted by Gasteiger charge is 2.11. The van der Waals surface area contributed by atoms with Crippen LogP contribution in [0, 0.1) is 6.92 Å². The van der Waals surface area contributed by atoms with Gasteiger partial charge >= 0.3 is 0 Å². The first-order valence-corrected chi connectivity index (χ1v) is 10.7. The Balaban J connectivity index is 2.06. The molecule has 0 unspecified atom stereocenters. The minimum absolute atomic E-state index is 0.278. The maximum atomic E-state index is 12.5. The molecular weight excluding hydrogens is 348 g/mol. The highest BCUT2D eigenvalue weighted by atomic mass is 32.2. The Kier molecular flexibility index (Phi) is 6.80. The highest BCUT2D eigenvalue weighted by Crippen LogP contribution is 2.19. The first-order chi connectivity index (χ1) is 12.3. The molecule has 0 aliphatic heterocycles. The van der Waals surface area contributed by atoms with E-state index in [-0.39, 0.29) is 5.91 Å². The van der Waals surface area contributed by atoms with Crippen molar-refractivity contribution in [2.45, 2.75) is 39.5 Å². The van der Waals surface area contributed by atoms with E-state index in [0.717, 1.165) is 18.2 Å². The first kappa shape index (κ1) is 20.0. The summed E-state index contributed by atoms with van der Waals surface area (Å²) < 4.78 is 25.3. The van der Waals surface area contributed by atoms with E-state index in [1.807, 2.05) is 24.3 Å². The second-order valence-corrected chi connectivity index (χ2v) is 8.26. The number of unbranched alkanes of at least 4 members (excludes halogenated alkanes) is 2. The third-order valence-corrected chi connectivity index (χ3v) is 4.67. The molecule has 0 aromatic heterocycles. The zero-order valence-corrected chi connectivity index (χ0v) is 16.3. The molecule has 2 rings (SSSR count). The standard InChI is InChI=1S/C20H26N2O3S/c1-4-5-6-7-16-9-12-18(13-10-16)21-20(23)17-11-8-15(2)19(14-17)22-26(3,24)25/h8-14,22H,4-7H2,1-3H3,(H,21,23). The van der Waals surface area contributed by atoms with Gasteiger partial charge in [0.1, 0.15) is 0 Å². The third-order valence-electron chi connectivity index (χ3n) is 4.08. The van der Waals surface area contributed by atoms with Gasteiger partial charge in [-0.15, -0.1) is 0 Å². The molecule has 1 amide bonds. The van der Waals surface area contributed by atoms with Crippen LogP contribution in [0.3, 0.4) is 0 Å². The molecule has 26 heavy (non-hydrogen) atoms. The van der Waals surface area contributed by atoms with E-state index < -0.39 is 10.0 Å². The Bertz CT molecular complexity index is 859. The van der Waals surface area contributed by atoms with Crippen LogP contribution in [0.1, 0.15) is 47.7 Å². The molecule has 0 heterocycles. The van der Waals surface area contributed by atoms with Crippen molar-refractivity contribution in [2.75, 3.05) is 16.3 Å². The van der Waals surface area contributed by atoms with Gasteiger partial charge in [0.05, 0.1) is 11.9 Å². The summed E-state index contributed by atoms with van der Waals surface area (Å²) in [6, 6.07) is 12.8. The molecule has 6 heteroatoms. The van der Waals surface area contributed by atoms with Crippen LogP contribution in [0.15, 0.2) is 42.5 Å². The van der Waals surface area contributed by atoms with Crippen LogP contribution in [0.25, 0.3) is 0 Å². The monoisotopic (exact) mass is 374 g/mol. The predicted octanol–water partition coefficient (Wildman–Crippen LogP) is 4.35. The molecule has 2 aromatic rings. The van der Waals surface area contributed by atoms with E-state index in [0.29, 0.717) is 16.9 Å². The molecule has 0 saturated heterocycles. The number of aryl methyl sites for hydroxylation is 2. The lowest BCUT2D eigenvalue weighted by molar-refractivity contribution is 0.102. The van der Waals surface area contributed by atoms with Crippen LogP contribution in [-0.4, -0.2) is 20.6 Å². The lowest BCUT2D eigenvalue weighted by atomic mass is 10.1. The maximum Gasteiger partial charge on any atom is 0.255 e. The van der Waals surface area contributed by atoms with Gasteiger partial charge in [0.15, 0.2) is 0 Å². The molecular formula is C20H26N2O3S. The molecule has 5 nitrogen and oxygen atoms in total. The van der Waals surface area contributed by atoms with Gasteiger partial charge in [0.25, 0.3) is 5.91 Å². The molecule has 0 spiro atoms. The number of sulfonamides is 1. The number of benzene rings is 2. The highest BCUT2D eigenvalue weighted by molar-refractivity contribution is 7.92. The van der Waals surface area contributed by atoms with Gasteiger partial charge in [-0.1, -0.05) is 38.0 Å². The number of nitrogens with one attached hydrogen (secondary N) is 2. The molecule has 0 fully saturated rings. The second kappa shape index (κ2) is 8.85. The van der Waals surface area contributed by atoms with E-state index in [1.165, 1.54) is 24.8 Å². The largest absolute Gasteiger partial charge is 0.322 e. The van der Waals surface area contributed by atoms with Crippen molar-refractivity contribution >= 4 is 27.3 Å².